The number of benzene rings is 8. The Morgan fingerprint density at radius 1 is 0.147 bits per heavy atom. The van der Waals surface area contributed by atoms with Gasteiger partial charge in [0, 0.05) is 136 Å². The van der Waals surface area contributed by atoms with Crippen molar-refractivity contribution in [3.63, 3.8) is 0 Å². The molecule has 0 amide bonds. The lowest BCUT2D eigenvalue weighted by molar-refractivity contribution is 1.59. The van der Waals surface area contributed by atoms with E-state index in [1.165, 1.54) is 0 Å². The second kappa shape index (κ2) is 25.4. The lowest BCUT2D eigenvalue weighted by Crippen LogP contribution is -1.97. The van der Waals surface area contributed by atoms with Gasteiger partial charge in [0.2, 0.25) is 0 Å². The summed E-state index contributed by atoms with van der Waals surface area (Å²) in [5.41, 5.74) is 109. The Bertz CT molecular complexity index is 2360. The van der Waals surface area contributed by atoms with Crippen LogP contribution in [0.2, 0.25) is 0 Å². The number of rotatable bonds is 4. The fraction of sp³-hybridized carbons (Fsp3) is 0. The van der Waals surface area contributed by atoms with Crippen LogP contribution in [0.25, 0.3) is 44.5 Å². The van der Waals surface area contributed by atoms with Gasteiger partial charge in [-0.05, 0) is 97.1 Å². The second-order valence-corrected chi connectivity index (χ2v) is 14.8. The third-order valence-corrected chi connectivity index (χ3v) is 9.77. The highest BCUT2D eigenvalue weighted by Gasteiger charge is 2.10. The molecule has 0 aliphatic rings. The van der Waals surface area contributed by atoms with Crippen molar-refractivity contribution in [1.82, 2.24) is 0 Å². The van der Waals surface area contributed by atoms with E-state index < -0.39 is 0 Å². The summed E-state index contributed by atoms with van der Waals surface area (Å²) in [6.45, 7) is 0. The summed E-state index contributed by atoms with van der Waals surface area (Å²) in [5.74, 6) is 0. The lowest BCUT2D eigenvalue weighted by Gasteiger charge is -2.10. The zero-order chi connectivity index (χ0) is 46.8. The Morgan fingerprint density at radius 3 is 0.309 bits per heavy atom. The molecule has 0 bridgehead atoms. The SMILES string of the molecule is Cl.Cl.Cl.Cl.Nc1ccc(-c2ccc(N)cc2N)c(N)c1.Nc1ccc(-c2ccc(N)cc2N)c(N)c1.Nc1ccc(-c2ccc(N)cc2N)c(N)c1.Nc1ccc(-c2ccc(N)cc2N)c(N)c1. The van der Waals surface area contributed by atoms with Crippen LogP contribution in [0.3, 0.4) is 0 Å². The largest absolute Gasteiger partial charge is 0.399 e. The maximum Gasteiger partial charge on any atom is 0.0415 e. The molecular weight excluding hydrogens is 942 g/mol. The normalized spacial score (nSPS) is 9.65. The van der Waals surface area contributed by atoms with Crippen LogP contribution in [-0.2, 0) is 0 Å². The van der Waals surface area contributed by atoms with Crippen molar-refractivity contribution in [1.29, 1.82) is 0 Å². The minimum absolute atomic E-state index is 0. The van der Waals surface area contributed by atoms with Gasteiger partial charge in [0.15, 0.2) is 0 Å². The first-order valence-electron chi connectivity index (χ1n) is 19.5. The molecule has 0 atom stereocenters. The van der Waals surface area contributed by atoms with Crippen molar-refractivity contribution in [3.8, 4) is 44.5 Å². The molecule has 0 aliphatic heterocycles. The van der Waals surface area contributed by atoms with Gasteiger partial charge in [0.25, 0.3) is 0 Å². The summed E-state index contributed by atoms with van der Waals surface area (Å²) in [6, 6.07) is 42.9. The molecule has 0 radical (unpaired) electrons. The summed E-state index contributed by atoms with van der Waals surface area (Å²) in [5, 5.41) is 0. The Labute approximate surface area is 420 Å². The number of nitrogens with two attached hydrogens (primary N) is 16. The monoisotopic (exact) mass is 1000 g/mol. The molecule has 0 saturated heterocycles. The van der Waals surface area contributed by atoms with E-state index in [1.54, 1.807) is 97.1 Å². The maximum atomic E-state index is 5.89. The van der Waals surface area contributed by atoms with Crippen molar-refractivity contribution < 1.29 is 0 Å². The molecule has 16 nitrogen and oxygen atoms in total. The van der Waals surface area contributed by atoms with Crippen LogP contribution in [0.5, 0.6) is 0 Å². The third-order valence-electron chi connectivity index (χ3n) is 9.77. The number of nitrogen functional groups attached to an aromatic ring is 16. The highest BCUT2D eigenvalue weighted by atomic mass is 35.5. The molecule has 0 spiro atoms. The summed E-state index contributed by atoms with van der Waals surface area (Å²) in [4.78, 5) is 0. The number of hydrogen-bond donors (Lipinski definition) is 16. The number of halogens is 4. The molecule has 8 aromatic carbocycles. The van der Waals surface area contributed by atoms with Gasteiger partial charge >= 0.3 is 0 Å². The number of hydrogen-bond acceptors (Lipinski definition) is 16. The molecule has 0 aliphatic carbocycles. The summed E-state index contributed by atoms with van der Waals surface area (Å²) >= 11 is 0. The zero-order valence-electron chi connectivity index (χ0n) is 36.7. The molecule has 0 heterocycles. The minimum atomic E-state index is 0. The topological polar surface area (TPSA) is 416 Å². The quantitative estimate of drug-likeness (QED) is 0.0735. The molecule has 20 heteroatoms. The predicted molar refractivity (Wildman–Crippen MR) is 307 cm³/mol. The van der Waals surface area contributed by atoms with E-state index in [2.05, 4.69) is 0 Å². The molecule has 0 fully saturated rings. The van der Waals surface area contributed by atoms with Crippen LogP contribution in [-0.4, -0.2) is 0 Å². The average molecular weight is 1000 g/mol. The Balaban J connectivity index is 0.000000445. The molecule has 0 aromatic heterocycles. The molecule has 68 heavy (non-hydrogen) atoms. The van der Waals surface area contributed by atoms with Crippen LogP contribution in [0.1, 0.15) is 0 Å². The van der Waals surface area contributed by atoms with Crippen molar-refractivity contribution >= 4 is 141 Å². The smallest absolute Gasteiger partial charge is 0.0415 e. The minimum Gasteiger partial charge on any atom is -0.399 e. The van der Waals surface area contributed by atoms with Crippen molar-refractivity contribution in [2.24, 2.45) is 0 Å². The second-order valence-electron chi connectivity index (χ2n) is 14.8. The molecular formula is C48H60Cl4N16. The lowest BCUT2D eigenvalue weighted by atomic mass is 10.0. The van der Waals surface area contributed by atoms with Gasteiger partial charge < -0.3 is 91.7 Å². The van der Waals surface area contributed by atoms with Crippen molar-refractivity contribution in [2.45, 2.75) is 0 Å². The summed E-state index contributed by atoms with van der Waals surface area (Å²) in [7, 11) is 0. The summed E-state index contributed by atoms with van der Waals surface area (Å²) < 4.78 is 0. The fourth-order valence-electron chi connectivity index (χ4n) is 6.61. The molecule has 0 saturated carbocycles. The van der Waals surface area contributed by atoms with E-state index in [0.717, 1.165) is 44.5 Å². The first-order chi connectivity index (χ1) is 30.3. The van der Waals surface area contributed by atoms with E-state index in [1.807, 2.05) is 48.5 Å². The maximum absolute atomic E-state index is 5.89. The molecule has 0 unspecified atom stereocenters. The van der Waals surface area contributed by atoms with Gasteiger partial charge in [0.05, 0.1) is 0 Å². The van der Waals surface area contributed by atoms with E-state index >= 15 is 0 Å². The molecule has 360 valence electrons. The van der Waals surface area contributed by atoms with E-state index in [-0.39, 0.29) is 49.6 Å². The molecule has 8 rings (SSSR count). The van der Waals surface area contributed by atoms with Gasteiger partial charge in [-0.2, -0.15) is 0 Å². The standard InChI is InChI=1S/4C12H14N4.4ClH/c4*13-7-1-3-9(11(15)5-7)10-4-2-8(14)6-12(10)16;;;;/h4*1-6H,13-16H2;4*1H. The highest BCUT2D eigenvalue weighted by molar-refractivity contribution is 5.90. The van der Waals surface area contributed by atoms with E-state index in [4.69, 9.17) is 91.7 Å². The van der Waals surface area contributed by atoms with Gasteiger partial charge in [-0.1, -0.05) is 48.5 Å². The third kappa shape index (κ3) is 14.9. The van der Waals surface area contributed by atoms with E-state index in [9.17, 15) is 0 Å². The van der Waals surface area contributed by atoms with Crippen LogP contribution >= 0.6 is 49.6 Å². The van der Waals surface area contributed by atoms with Gasteiger partial charge in [-0.25, -0.2) is 0 Å². The molecule has 8 aromatic rings. The van der Waals surface area contributed by atoms with Gasteiger partial charge in [-0.15, -0.1) is 49.6 Å². The van der Waals surface area contributed by atoms with Crippen LogP contribution in [0.15, 0.2) is 146 Å². The highest BCUT2D eigenvalue weighted by Crippen LogP contribution is 2.36. The Morgan fingerprint density at radius 2 is 0.235 bits per heavy atom. The average Bonchev–Trinajstić information content (AvgIpc) is 3.20. The molecule has 32 N–H and O–H groups in total. The number of anilines is 16. The van der Waals surface area contributed by atoms with Crippen LogP contribution in [0.4, 0.5) is 91.0 Å². The van der Waals surface area contributed by atoms with Gasteiger partial charge in [-0.3, -0.25) is 0 Å². The Kier molecular flexibility index (Phi) is 21.6. The van der Waals surface area contributed by atoms with E-state index in [0.29, 0.717) is 91.0 Å². The first kappa shape index (κ1) is 57.7. The van der Waals surface area contributed by atoms with Crippen molar-refractivity contribution in [3.05, 3.63) is 146 Å². The van der Waals surface area contributed by atoms with Crippen LogP contribution in [0, 0.1) is 0 Å². The fourth-order valence-corrected chi connectivity index (χ4v) is 6.61. The zero-order valence-corrected chi connectivity index (χ0v) is 40.0. The van der Waals surface area contributed by atoms with Gasteiger partial charge in [0.1, 0.15) is 0 Å². The first-order valence-corrected chi connectivity index (χ1v) is 19.5. The predicted octanol–water partition coefficient (Wildman–Crippen LogP) is 8.42. The van der Waals surface area contributed by atoms with Crippen LogP contribution < -0.4 is 91.7 Å². The summed E-state index contributed by atoms with van der Waals surface area (Å²) in [6.07, 6.45) is 0. The Hall–Kier alpha value is -8.28. The van der Waals surface area contributed by atoms with Crippen molar-refractivity contribution in [2.75, 3.05) is 91.7 Å².